The second-order valence-corrected chi connectivity index (χ2v) is 10.9. The molecule has 2 amide bonds. The molecule has 1 unspecified atom stereocenters. The number of imidazole rings is 1. The molecule has 3 aromatic heterocycles. The summed E-state index contributed by atoms with van der Waals surface area (Å²) in [4.78, 5) is 37.2. The van der Waals surface area contributed by atoms with Gasteiger partial charge in [0, 0.05) is 24.2 Å². The summed E-state index contributed by atoms with van der Waals surface area (Å²) in [5.74, 6) is -0.451. The van der Waals surface area contributed by atoms with Gasteiger partial charge >= 0.3 is 0 Å². The first-order valence-corrected chi connectivity index (χ1v) is 13.8. The number of nitrogens with one attached hydrogen (secondary N) is 2. The lowest BCUT2D eigenvalue weighted by molar-refractivity contribution is 0.0901. The topological polar surface area (TPSA) is 88.4 Å². The van der Waals surface area contributed by atoms with Crippen molar-refractivity contribution in [2.45, 2.75) is 32.7 Å². The molecule has 2 aromatic carbocycles. The van der Waals surface area contributed by atoms with Crippen LogP contribution in [0.25, 0.3) is 15.4 Å². The monoisotopic (exact) mass is 529 g/mol. The van der Waals surface area contributed by atoms with Gasteiger partial charge in [0.2, 0.25) is 0 Å². The Labute approximate surface area is 223 Å². The minimum absolute atomic E-state index is 0.211. The molecule has 0 aliphatic carbocycles. The summed E-state index contributed by atoms with van der Waals surface area (Å²) in [5.41, 5.74) is 3.75. The Balaban J connectivity index is 1.34. The van der Waals surface area contributed by atoms with Gasteiger partial charge in [0.05, 0.1) is 15.6 Å². The second kappa shape index (κ2) is 11.1. The molecule has 1 atom stereocenters. The Morgan fingerprint density at radius 2 is 1.70 bits per heavy atom. The van der Waals surface area contributed by atoms with E-state index in [0.717, 1.165) is 26.8 Å². The van der Waals surface area contributed by atoms with E-state index in [1.54, 1.807) is 4.40 Å². The van der Waals surface area contributed by atoms with Gasteiger partial charge in [-0.05, 0) is 37.8 Å². The summed E-state index contributed by atoms with van der Waals surface area (Å²) in [6.07, 6.45) is 3.28. The van der Waals surface area contributed by atoms with E-state index in [4.69, 9.17) is 0 Å². The molecule has 0 saturated heterocycles. The van der Waals surface area contributed by atoms with Crippen LogP contribution in [-0.4, -0.2) is 38.8 Å². The van der Waals surface area contributed by atoms with Crippen LogP contribution in [0.3, 0.4) is 0 Å². The van der Waals surface area contributed by atoms with Gasteiger partial charge in [-0.3, -0.25) is 14.0 Å². The third-order valence-electron chi connectivity index (χ3n) is 6.11. The SMILES string of the molecule is Cc1nc(C(=O)NC(CCc2ccccc2)CNC(=O)c2c(C)nc3sccn23)c(-c2ccccc2)s1. The predicted octanol–water partition coefficient (Wildman–Crippen LogP) is 5.30. The van der Waals surface area contributed by atoms with Crippen molar-refractivity contribution in [3.63, 3.8) is 0 Å². The largest absolute Gasteiger partial charge is 0.349 e. The van der Waals surface area contributed by atoms with Crippen molar-refractivity contribution in [2.75, 3.05) is 6.54 Å². The van der Waals surface area contributed by atoms with E-state index in [2.05, 4.69) is 32.7 Å². The summed E-state index contributed by atoms with van der Waals surface area (Å²) >= 11 is 2.99. The Morgan fingerprint density at radius 3 is 2.46 bits per heavy atom. The lowest BCUT2D eigenvalue weighted by Gasteiger charge is -2.19. The second-order valence-electron chi connectivity index (χ2n) is 8.78. The smallest absolute Gasteiger partial charge is 0.271 e. The highest BCUT2D eigenvalue weighted by molar-refractivity contribution is 7.15. The molecule has 37 heavy (non-hydrogen) atoms. The quantitative estimate of drug-likeness (QED) is 0.271. The molecule has 0 bridgehead atoms. The van der Waals surface area contributed by atoms with Crippen molar-refractivity contribution < 1.29 is 9.59 Å². The van der Waals surface area contributed by atoms with E-state index in [9.17, 15) is 9.59 Å². The Kier molecular flexibility index (Phi) is 7.43. The number of benzene rings is 2. The molecule has 0 aliphatic rings. The molecule has 0 aliphatic heterocycles. The van der Waals surface area contributed by atoms with Crippen molar-refractivity contribution in [3.05, 3.63) is 99.9 Å². The average molecular weight is 530 g/mol. The summed E-state index contributed by atoms with van der Waals surface area (Å²) in [6.45, 7) is 4.02. The van der Waals surface area contributed by atoms with Gasteiger partial charge in [-0.2, -0.15) is 0 Å². The number of carbonyl (C=O) groups is 2. The van der Waals surface area contributed by atoms with E-state index >= 15 is 0 Å². The van der Waals surface area contributed by atoms with Crippen molar-refractivity contribution >= 4 is 39.4 Å². The molecule has 3 heterocycles. The van der Waals surface area contributed by atoms with E-state index in [1.165, 1.54) is 28.2 Å². The molecule has 0 fully saturated rings. The number of rotatable bonds is 9. The number of thiazole rings is 2. The standard InChI is InChI=1S/C28H27N5O2S2/c1-18-24(33-15-16-36-28(33)30-18)27(35)29-17-22(14-13-20-9-5-3-6-10-20)32-26(34)23-25(37-19(2)31-23)21-11-7-4-8-12-21/h3-12,15-16,22H,13-14,17H2,1-2H3,(H,29,35)(H,32,34). The van der Waals surface area contributed by atoms with Crippen LogP contribution in [0, 0.1) is 13.8 Å². The molecule has 0 radical (unpaired) electrons. The third-order valence-corrected chi connectivity index (χ3v) is 7.88. The molecule has 5 aromatic rings. The van der Waals surface area contributed by atoms with Crippen LogP contribution in [0.5, 0.6) is 0 Å². The highest BCUT2D eigenvalue weighted by Crippen LogP contribution is 2.30. The third kappa shape index (κ3) is 5.63. The van der Waals surface area contributed by atoms with Crippen LogP contribution in [0.1, 0.15) is 43.7 Å². The molecule has 9 heteroatoms. The Hall–Kier alpha value is -3.82. The lowest BCUT2D eigenvalue weighted by Crippen LogP contribution is -2.44. The van der Waals surface area contributed by atoms with E-state index < -0.39 is 0 Å². The van der Waals surface area contributed by atoms with Gasteiger partial charge in [-0.25, -0.2) is 9.97 Å². The van der Waals surface area contributed by atoms with Gasteiger partial charge < -0.3 is 10.6 Å². The minimum atomic E-state index is -0.284. The number of aryl methyl sites for hydroxylation is 3. The first-order valence-electron chi connectivity index (χ1n) is 12.1. The maximum Gasteiger partial charge on any atom is 0.271 e. The fourth-order valence-corrected chi connectivity index (χ4v) is 5.98. The zero-order valence-corrected chi connectivity index (χ0v) is 22.2. The van der Waals surface area contributed by atoms with Crippen molar-refractivity contribution in [3.8, 4) is 10.4 Å². The van der Waals surface area contributed by atoms with Gasteiger partial charge in [-0.15, -0.1) is 22.7 Å². The van der Waals surface area contributed by atoms with E-state index in [-0.39, 0.29) is 24.4 Å². The molecule has 2 N–H and O–H groups in total. The molecule has 0 spiro atoms. The molecular weight excluding hydrogens is 502 g/mol. The van der Waals surface area contributed by atoms with Gasteiger partial charge in [0.25, 0.3) is 11.8 Å². The van der Waals surface area contributed by atoms with Crippen molar-refractivity contribution in [1.82, 2.24) is 25.0 Å². The zero-order valence-electron chi connectivity index (χ0n) is 20.6. The number of aromatic nitrogens is 3. The fourth-order valence-electron chi connectivity index (χ4n) is 4.30. The Morgan fingerprint density at radius 1 is 0.973 bits per heavy atom. The summed E-state index contributed by atoms with van der Waals surface area (Å²) in [7, 11) is 0. The highest BCUT2D eigenvalue weighted by Gasteiger charge is 2.23. The van der Waals surface area contributed by atoms with E-state index in [1.807, 2.05) is 74.0 Å². The average Bonchev–Trinajstić information content (AvgIpc) is 3.60. The molecular formula is C28H27N5O2S2. The first-order chi connectivity index (χ1) is 18.0. The first kappa shape index (κ1) is 24.9. The summed E-state index contributed by atoms with van der Waals surface area (Å²) in [6, 6.07) is 19.7. The van der Waals surface area contributed by atoms with Gasteiger partial charge in [0.15, 0.2) is 4.96 Å². The van der Waals surface area contributed by atoms with Crippen LogP contribution in [0.15, 0.2) is 72.2 Å². The normalized spacial score (nSPS) is 11.9. The maximum atomic E-state index is 13.4. The van der Waals surface area contributed by atoms with Crippen LogP contribution < -0.4 is 10.6 Å². The fraction of sp³-hybridized carbons (Fsp3) is 0.214. The molecule has 5 rings (SSSR count). The van der Waals surface area contributed by atoms with Crippen LogP contribution in [0.4, 0.5) is 0 Å². The van der Waals surface area contributed by atoms with Crippen molar-refractivity contribution in [2.24, 2.45) is 0 Å². The number of hydrogen-bond donors (Lipinski definition) is 2. The lowest BCUT2D eigenvalue weighted by atomic mass is 10.0. The number of nitrogens with zero attached hydrogens (tertiary/aromatic N) is 3. The maximum absolute atomic E-state index is 13.4. The van der Waals surface area contributed by atoms with Crippen LogP contribution in [0.2, 0.25) is 0 Å². The Bertz CT molecular complexity index is 1520. The van der Waals surface area contributed by atoms with E-state index in [0.29, 0.717) is 23.5 Å². The molecule has 7 nitrogen and oxygen atoms in total. The number of hydrogen-bond acceptors (Lipinski definition) is 6. The van der Waals surface area contributed by atoms with Gasteiger partial charge in [-0.1, -0.05) is 60.7 Å². The van der Waals surface area contributed by atoms with Crippen LogP contribution in [-0.2, 0) is 6.42 Å². The highest BCUT2D eigenvalue weighted by atomic mass is 32.1. The summed E-state index contributed by atoms with van der Waals surface area (Å²) < 4.78 is 1.80. The number of carbonyl (C=O) groups excluding carboxylic acids is 2. The minimum Gasteiger partial charge on any atom is -0.349 e. The predicted molar refractivity (Wildman–Crippen MR) is 148 cm³/mol. The molecule has 0 saturated carbocycles. The van der Waals surface area contributed by atoms with Crippen molar-refractivity contribution in [1.29, 1.82) is 0 Å². The zero-order chi connectivity index (χ0) is 25.8. The molecule has 188 valence electrons. The number of amides is 2. The summed E-state index contributed by atoms with van der Waals surface area (Å²) in [5, 5.41) is 8.90. The van der Waals surface area contributed by atoms with Crippen LogP contribution >= 0.6 is 22.7 Å². The van der Waals surface area contributed by atoms with Gasteiger partial charge in [0.1, 0.15) is 11.4 Å². The number of fused-ring (bicyclic) bond motifs is 1.